The van der Waals surface area contributed by atoms with Gasteiger partial charge in [0.15, 0.2) is 0 Å². The fraction of sp³-hybridized carbons (Fsp3) is 0.250. The van der Waals surface area contributed by atoms with Crippen LogP contribution in [0.1, 0.15) is 29.7 Å². The first-order chi connectivity index (χ1) is 9.06. The molecule has 1 unspecified atom stereocenters. The van der Waals surface area contributed by atoms with Gasteiger partial charge in [0.25, 0.3) is 0 Å². The molecular formula is C16H18ClNS. The van der Waals surface area contributed by atoms with Crippen molar-refractivity contribution in [2.75, 3.05) is 0 Å². The molecule has 1 nitrogen and oxygen atoms in total. The van der Waals surface area contributed by atoms with Crippen LogP contribution in [-0.4, -0.2) is 0 Å². The lowest BCUT2D eigenvalue weighted by molar-refractivity contribution is 0.815. The molecule has 100 valence electrons. The maximum absolute atomic E-state index is 6.24. The smallest absolute Gasteiger partial charge is 0.0449 e. The molecule has 0 aromatic heterocycles. The summed E-state index contributed by atoms with van der Waals surface area (Å²) in [5, 5.41) is 0.843. The lowest BCUT2D eigenvalue weighted by Gasteiger charge is -2.09. The van der Waals surface area contributed by atoms with Crippen LogP contribution in [0.2, 0.25) is 5.02 Å². The first kappa shape index (κ1) is 14.4. The summed E-state index contributed by atoms with van der Waals surface area (Å²) >= 11 is 8.03. The molecule has 0 heterocycles. The Labute approximate surface area is 124 Å². The molecule has 0 aliphatic heterocycles. The highest BCUT2D eigenvalue weighted by molar-refractivity contribution is 7.98. The zero-order chi connectivity index (χ0) is 13.8. The molecule has 0 aliphatic rings. The van der Waals surface area contributed by atoms with Crippen molar-refractivity contribution in [1.82, 2.24) is 0 Å². The van der Waals surface area contributed by atoms with Crippen molar-refractivity contribution in [3.05, 3.63) is 64.2 Å². The van der Waals surface area contributed by atoms with Crippen LogP contribution in [0.5, 0.6) is 0 Å². The van der Waals surface area contributed by atoms with Gasteiger partial charge in [0.05, 0.1) is 0 Å². The minimum atomic E-state index is 0.0727. The summed E-state index contributed by atoms with van der Waals surface area (Å²) in [7, 11) is 0. The van der Waals surface area contributed by atoms with Gasteiger partial charge in [0.1, 0.15) is 0 Å². The maximum Gasteiger partial charge on any atom is 0.0449 e. The summed E-state index contributed by atoms with van der Waals surface area (Å²) in [5.41, 5.74) is 9.43. The van der Waals surface area contributed by atoms with Gasteiger partial charge < -0.3 is 5.73 Å². The first-order valence-electron chi connectivity index (χ1n) is 6.29. The van der Waals surface area contributed by atoms with Gasteiger partial charge in [-0.3, -0.25) is 0 Å². The molecule has 0 amide bonds. The normalized spacial score (nSPS) is 12.4. The summed E-state index contributed by atoms with van der Waals surface area (Å²) in [6.07, 6.45) is 0. The third-order valence-electron chi connectivity index (χ3n) is 2.99. The van der Waals surface area contributed by atoms with E-state index in [1.54, 1.807) is 11.8 Å². The van der Waals surface area contributed by atoms with E-state index in [0.29, 0.717) is 0 Å². The van der Waals surface area contributed by atoms with E-state index in [-0.39, 0.29) is 6.04 Å². The van der Waals surface area contributed by atoms with E-state index in [2.05, 4.69) is 43.3 Å². The SMILES string of the molecule is Cc1ccc(CSc2cccc(C(C)N)c2)c(Cl)c1. The molecular weight excluding hydrogens is 274 g/mol. The van der Waals surface area contributed by atoms with E-state index in [1.165, 1.54) is 21.6 Å². The number of hydrogen-bond donors (Lipinski definition) is 1. The van der Waals surface area contributed by atoms with E-state index in [4.69, 9.17) is 17.3 Å². The predicted octanol–water partition coefficient (Wildman–Crippen LogP) is 4.96. The van der Waals surface area contributed by atoms with Crippen molar-refractivity contribution >= 4 is 23.4 Å². The minimum Gasteiger partial charge on any atom is -0.324 e. The van der Waals surface area contributed by atoms with Crippen LogP contribution in [0.15, 0.2) is 47.4 Å². The number of hydrogen-bond acceptors (Lipinski definition) is 2. The second-order valence-electron chi connectivity index (χ2n) is 4.74. The zero-order valence-electron chi connectivity index (χ0n) is 11.2. The second kappa shape index (κ2) is 6.47. The highest BCUT2D eigenvalue weighted by Crippen LogP contribution is 2.28. The van der Waals surface area contributed by atoms with Crippen molar-refractivity contribution in [2.24, 2.45) is 5.73 Å². The Morgan fingerprint density at radius 2 is 2.00 bits per heavy atom. The Morgan fingerprint density at radius 1 is 1.21 bits per heavy atom. The maximum atomic E-state index is 6.24. The fourth-order valence-electron chi connectivity index (χ4n) is 1.82. The molecule has 0 saturated heterocycles. The molecule has 2 aromatic carbocycles. The second-order valence-corrected chi connectivity index (χ2v) is 6.20. The van der Waals surface area contributed by atoms with Gasteiger partial charge in [0, 0.05) is 21.7 Å². The van der Waals surface area contributed by atoms with E-state index in [1.807, 2.05) is 13.0 Å². The molecule has 0 bridgehead atoms. The molecule has 0 spiro atoms. The Morgan fingerprint density at radius 3 is 2.68 bits per heavy atom. The summed E-state index contributed by atoms with van der Waals surface area (Å²) in [5.74, 6) is 0.877. The van der Waals surface area contributed by atoms with Crippen molar-refractivity contribution in [3.8, 4) is 0 Å². The van der Waals surface area contributed by atoms with Crippen LogP contribution < -0.4 is 5.73 Å². The van der Waals surface area contributed by atoms with Crippen molar-refractivity contribution < 1.29 is 0 Å². The average molecular weight is 292 g/mol. The fourth-order valence-corrected chi connectivity index (χ4v) is 3.17. The lowest BCUT2D eigenvalue weighted by Crippen LogP contribution is -2.04. The molecule has 0 aliphatic carbocycles. The van der Waals surface area contributed by atoms with E-state index in [9.17, 15) is 0 Å². The molecule has 0 fully saturated rings. The average Bonchev–Trinajstić information content (AvgIpc) is 2.38. The number of halogens is 1. The predicted molar refractivity (Wildman–Crippen MR) is 84.8 cm³/mol. The van der Waals surface area contributed by atoms with Crippen LogP contribution in [0, 0.1) is 6.92 Å². The van der Waals surface area contributed by atoms with Crippen LogP contribution in [0.3, 0.4) is 0 Å². The van der Waals surface area contributed by atoms with Crippen molar-refractivity contribution in [3.63, 3.8) is 0 Å². The Hall–Kier alpha value is -0.960. The largest absolute Gasteiger partial charge is 0.324 e. The van der Waals surface area contributed by atoms with E-state index < -0.39 is 0 Å². The number of benzene rings is 2. The van der Waals surface area contributed by atoms with Gasteiger partial charge in [-0.25, -0.2) is 0 Å². The molecule has 3 heteroatoms. The van der Waals surface area contributed by atoms with Crippen LogP contribution in [-0.2, 0) is 5.75 Å². The van der Waals surface area contributed by atoms with Gasteiger partial charge in [-0.15, -0.1) is 11.8 Å². The third-order valence-corrected chi connectivity index (χ3v) is 4.38. The summed E-state index contributed by atoms with van der Waals surface area (Å²) in [6, 6.07) is 14.7. The monoisotopic (exact) mass is 291 g/mol. The van der Waals surface area contributed by atoms with Gasteiger partial charge in [-0.2, -0.15) is 0 Å². The number of nitrogens with two attached hydrogens (primary N) is 1. The molecule has 0 radical (unpaired) electrons. The molecule has 1 atom stereocenters. The quantitative estimate of drug-likeness (QED) is 0.806. The summed E-state index contributed by atoms with van der Waals surface area (Å²) in [4.78, 5) is 1.23. The molecule has 2 rings (SSSR count). The summed E-state index contributed by atoms with van der Waals surface area (Å²) in [6.45, 7) is 4.05. The molecule has 19 heavy (non-hydrogen) atoms. The van der Waals surface area contributed by atoms with Gasteiger partial charge in [0.2, 0.25) is 0 Å². The third kappa shape index (κ3) is 4.00. The standard InChI is InChI=1S/C16H18ClNS/c1-11-6-7-14(16(17)8-11)10-19-15-5-3-4-13(9-15)12(2)18/h3-9,12H,10,18H2,1-2H3. The highest BCUT2D eigenvalue weighted by Gasteiger charge is 2.04. The Bertz CT molecular complexity index is 566. The number of aryl methyl sites for hydroxylation is 1. The Kier molecular flexibility index (Phi) is 4.92. The zero-order valence-corrected chi connectivity index (χ0v) is 12.8. The van der Waals surface area contributed by atoms with Gasteiger partial charge in [-0.05, 0) is 48.7 Å². The van der Waals surface area contributed by atoms with E-state index in [0.717, 1.165) is 10.8 Å². The van der Waals surface area contributed by atoms with E-state index >= 15 is 0 Å². The van der Waals surface area contributed by atoms with Gasteiger partial charge >= 0.3 is 0 Å². The minimum absolute atomic E-state index is 0.0727. The van der Waals surface area contributed by atoms with Crippen LogP contribution in [0.4, 0.5) is 0 Å². The topological polar surface area (TPSA) is 26.0 Å². The van der Waals surface area contributed by atoms with Crippen LogP contribution in [0.25, 0.3) is 0 Å². The molecule has 0 saturated carbocycles. The van der Waals surface area contributed by atoms with Crippen molar-refractivity contribution in [1.29, 1.82) is 0 Å². The van der Waals surface area contributed by atoms with Crippen molar-refractivity contribution in [2.45, 2.75) is 30.5 Å². The lowest BCUT2D eigenvalue weighted by atomic mass is 10.1. The first-order valence-corrected chi connectivity index (χ1v) is 7.66. The number of rotatable bonds is 4. The highest BCUT2D eigenvalue weighted by atomic mass is 35.5. The Balaban J connectivity index is 2.08. The molecule has 2 aromatic rings. The van der Waals surface area contributed by atoms with Crippen LogP contribution >= 0.6 is 23.4 Å². The summed E-state index contributed by atoms with van der Waals surface area (Å²) < 4.78 is 0. The molecule has 2 N–H and O–H groups in total. The van der Waals surface area contributed by atoms with Gasteiger partial charge in [-0.1, -0.05) is 35.9 Å². The number of thioether (sulfide) groups is 1.